The number of hydrogen-bond acceptors (Lipinski definition) is 8. The van der Waals surface area contributed by atoms with Crippen molar-refractivity contribution in [2.75, 3.05) is 38.0 Å². The molecule has 4 aromatic carbocycles. The number of amides is 1. The fourth-order valence-corrected chi connectivity index (χ4v) is 9.32. The number of hydrogen-bond donors (Lipinski definition) is 3. The highest BCUT2D eigenvalue weighted by Gasteiger charge is 2.41. The lowest BCUT2D eigenvalue weighted by Gasteiger charge is -2.43. The number of rotatable bonds is 14. The van der Waals surface area contributed by atoms with Crippen molar-refractivity contribution in [2.45, 2.75) is 88.0 Å². The van der Waals surface area contributed by atoms with Crippen molar-refractivity contribution >= 4 is 21.6 Å². The second-order valence-corrected chi connectivity index (χ2v) is 17.1. The van der Waals surface area contributed by atoms with Crippen molar-refractivity contribution in [3.63, 3.8) is 0 Å². The van der Waals surface area contributed by atoms with E-state index in [1.165, 1.54) is 38.8 Å². The number of sulfonamides is 1. The number of anilines is 1. The average molecular weight is 767 g/mol. The van der Waals surface area contributed by atoms with E-state index in [1.807, 2.05) is 73.7 Å². The van der Waals surface area contributed by atoms with Crippen LogP contribution in [0.5, 0.6) is 0 Å². The monoisotopic (exact) mass is 766 g/mol. The second kappa shape index (κ2) is 17.9. The van der Waals surface area contributed by atoms with Gasteiger partial charge >= 0.3 is 0 Å². The molecule has 7 rings (SSSR count). The van der Waals surface area contributed by atoms with Gasteiger partial charge in [-0.25, -0.2) is 8.42 Å². The molecule has 6 atom stereocenters. The fourth-order valence-electron chi connectivity index (χ4n) is 8.13. The Balaban J connectivity index is 1.08. The molecular weight excluding hydrogens is 713 g/mol. The van der Waals surface area contributed by atoms with Crippen LogP contribution in [0.3, 0.4) is 0 Å². The number of aryl methyl sites for hydroxylation is 1. The predicted octanol–water partition coefficient (Wildman–Crippen LogP) is 6.37. The van der Waals surface area contributed by atoms with Crippen molar-refractivity contribution in [3.05, 3.63) is 131 Å². The number of nitrogens with one attached hydrogen (secondary N) is 2. The number of nitrogens with zero attached hydrogens (tertiary/aromatic N) is 2. The van der Waals surface area contributed by atoms with Gasteiger partial charge in [0, 0.05) is 36.3 Å². The number of carbonyl (C=O) groups excluding carboxylic acids is 1. The molecule has 3 fully saturated rings. The molecule has 3 aliphatic heterocycles. The molecule has 1 amide bonds. The van der Waals surface area contributed by atoms with E-state index in [0.29, 0.717) is 11.7 Å². The van der Waals surface area contributed by atoms with Gasteiger partial charge in [0.15, 0.2) is 6.29 Å². The van der Waals surface area contributed by atoms with E-state index < -0.39 is 28.3 Å². The van der Waals surface area contributed by atoms with Gasteiger partial charge in [-0.3, -0.25) is 9.69 Å². The first-order valence-corrected chi connectivity index (χ1v) is 21.1. The summed E-state index contributed by atoms with van der Waals surface area (Å²) in [6, 6.07) is 30.7. The van der Waals surface area contributed by atoms with Crippen LogP contribution in [0.2, 0.25) is 0 Å². The zero-order valence-corrected chi connectivity index (χ0v) is 32.7. The quantitative estimate of drug-likeness (QED) is 0.136. The number of aliphatic hydroxyl groups is 1. The third-order valence-corrected chi connectivity index (χ3v) is 12.9. The van der Waals surface area contributed by atoms with Crippen LogP contribution in [-0.4, -0.2) is 80.1 Å². The van der Waals surface area contributed by atoms with Crippen molar-refractivity contribution in [3.8, 4) is 0 Å². The van der Waals surface area contributed by atoms with Gasteiger partial charge in [-0.2, -0.15) is 4.72 Å². The molecule has 0 unspecified atom stereocenters. The van der Waals surface area contributed by atoms with Crippen LogP contribution in [0.1, 0.15) is 72.8 Å². The van der Waals surface area contributed by atoms with Crippen molar-refractivity contribution < 1.29 is 27.8 Å². The Hall–Kier alpha value is -3.94. The predicted molar refractivity (Wildman–Crippen MR) is 214 cm³/mol. The summed E-state index contributed by atoms with van der Waals surface area (Å²) < 4.78 is 43.0. The average Bonchev–Trinajstić information content (AvgIpc) is 3.88. The standard InChI is InChI=1S/C44H54N4O6S/c1-31-12-22-39(23-13-31)55(51,52)46-40(27-33-9-4-3-5-10-33)43(50)45-37-20-18-36(19-21-37)44-53-41(29-48-26-8-11-38(48)28-47-24-6-7-25-47)32(2)42(54-44)35-16-14-34(30-49)15-17-35/h3-5,9-10,12-23,32,38,40-42,44,46,49H,6-8,11,24-30H2,1-2H3,(H,45,50)/t32-,38-,40+,41+,42+,44+/m0/s1. The van der Waals surface area contributed by atoms with E-state index in [9.17, 15) is 18.3 Å². The van der Waals surface area contributed by atoms with Crippen molar-refractivity contribution in [2.24, 2.45) is 5.92 Å². The SMILES string of the molecule is Cc1ccc(S(=O)(=O)N[C@H](Cc2ccccc2)C(=O)Nc2ccc([C@@H]3O[C@H](CN4CCC[C@H]4CN4CCCC4)[C@H](C)[C@H](c4ccc(CO)cc4)O3)cc2)cc1. The third-order valence-electron chi connectivity index (χ3n) is 11.4. The molecule has 3 N–H and O–H groups in total. The van der Waals surface area contributed by atoms with Crippen LogP contribution in [0.4, 0.5) is 5.69 Å². The van der Waals surface area contributed by atoms with Gasteiger partial charge < -0.3 is 24.8 Å². The Morgan fingerprint density at radius 2 is 1.51 bits per heavy atom. The van der Waals surface area contributed by atoms with Crippen LogP contribution < -0.4 is 10.0 Å². The molecule has 0 radical (unpaired) electrons. The summed E-state index contributed by atoms with van der Waals surface area (Å²) >= 11 is 0. The summed E-state index contributed by atoms with van der Waals surface area (Å²) in [5, 5.41) is 12.6. The normalized spacial score (nSPS) is 24.2. The van der Waals surface area contributed by atoms with E-state index in [1.54, 1.807) is 36.4 Å². The molecule has 55 heavy (non-hydrogen) atoms. The molecule has 10 nitrogen and oxygen atoms in total. The topological polar surface area (TPSA) is 120 Å². The molecule has 3 saturated heterocycles. The molecule has 0 bridgehead atoms. The Morgan fingerprint density at radius 1 is 0.818 bits per heavy atom. The molecule has 292 valence electrons. The van der Waals surface area contributed by atoms with Crippen LogP contribution >= 0.6 is 0 Å². The van der Waals surface area contributed by atoms with E-state index in [-0.39, 0.29) is 36.0 Å². The minimum Gasteiger partial charge on any atom is -0.392 e. The molecule has 3 aliphatic rings. The second-order valence-electron chi connectivity index (χ2n) is 15.4. The zero-order valence-electron chi connectivity index (χ0n) is 31.8. The lowest BCUT2D eigenvalue weighted by molar-refractivity contribution is -0.276. The summed E-state index contributed by atoms with van der Waals surface area (Å²) in [5.74, 6) is -0.389. The number of carbonyl (C=O) groups is 1. The van der Waals surface area contributed by atoms with Crippen molar-refractivity contribution in [1.29, 1.82) is 0 Å². The van der Waals surface area contributed by atoms with E-state index in [4.69, 9.17) is 9.47 Å². The molecule has 0 spiro atoms. The Morgan fingerprint density at radius 3 is 2.20 bits per heavy atom. The van der Waals surface area contributed by atoms with Gasteiger partial charge in [0.1, 0.15) is 6.04 Å². The Bertz CT molecular complexity index is 1950. The lowest BCUT2D eigenvalue weighted by atomic mass is 9.90. The minimum absolute atomic E-state index is 0.0163. The van der Waals surface area contributed by atoms with Gasteiger partial charge in [-0.1, -0.05) is 91.3 Å². The largest absolute Gasteiger partial charge is 0.392 e. The first kappa shape index (κ1) is 39.3. The molecule has 3 heterocycles. The van der Waals surface area contributed by atoms with E-state index >= 15 is 0 Å². The molecule has 0 saturated carbocycles. The molecule has 0 aliphatic carbocycles. The molecule has 4 aromatic rings. The molecule has 0 aromatic heterocycles. The maximum Gasteiger partial charge on any atom is 0.242 e. The van der Waals surface area contributed by atoms with Crippen LogP contribution in [-0.2, 0) is 37.3 Å². The molecular formula is C44H54N4O6S. The van der Waals surface area contributed by atoms with E-state index in [0.717, 1.165) is 47.5 Å². The zero-order chi connectivity index (χ0) is 38.4. The fraction of sp³-hybridized carbons (Fsp3) is 0.432. The highest BCUT2D eigenvalue weighted by Crippen LogP contribution is 2.42. The van der Waals surface area contributed by atoms with E-state index in [2.05, 4.69) is 26.8 Å². The first-order valence-electron chi connectivity index (χ1n) is 19.7. The first-order chi connectivity index (χ1) is 26.6. The molecule has 11 heteroatoms. The number of likely N-dealkylation sites (tertiary alicyclic amines) is 2. The highest BCUT2D eigenvalue weighted by molar-refractivity contribution is 7.89. The van der Waals surface area contributed by atoms with Gasteiger partial charge in [0.25, 0.3) is 0 Å². The lowest BCUT2D eigenvalue weighted by Crippen LogP contribution is -2.48. The Labute approximate surface area is 325 Å². The summed E-state index contributed by atoms with van der Waals surface area (Å²) in [7, 11) is -3.98. The third kappa shape index (κ3) is 9.90. The highest BCUT2D eigenvalue weighted by atomic mass is 32.2. The van der Waals surface area contributed by atoms with Gasteiger partial charge in [0.2, 0.25) is 15.9 Å². The van der Waals surface area contributed by atoms with Gasteiger partial charge in [-0.05, 0) is 99.6 Å². The number of benzene rings is 4. The summed E-state index contributed by atoms with van der Waals surface area (Å²) in [6.07, 6.45) is 4.20. The maximum absolute atomic E-state index is 13.8. The Kier molecular flexibility index (Phi) is 12.8. The summed E-state index contributed by atoms with van der Waals surface area (Å²) in [4.78, 5) is 19.1. The van der Waals surface area contributed by atoms with Gasteiger partial charge in [-0.15, -0.1) is 0 Å². The van der Waals surface area contributed by atoms with Crippen LogP contribution in [0.15, 0.2) is 108 Å². The minimum atomic E-state index is -3.98. The van der Waals surface area contributed by atoms with Gasteiger partial charge in [0.05, 0.1) is 23.7 Å². The smallest absolute Gasteiger partial charge is 0.242 e. The van der Waals surface area contributed by atoms with Crippen molar-refractivity contribution in [1.82, 2.24) is 14.5 Å². The number of ether oxygens (including phenoxy) is 2. The maximum atomic E-state index is 13.8. The van der Waals surface area contributed by atoms with Crippen LogP contribution in [0.25, 0.3) is 0 Å². The summed E-state index contributed by atoms with van der Waals surface area (Å²) in [5.41, 5.74) is 5.01. The van der Waals surface area contributed by atoms with Crippen LogP contribution in [0, 0.1) is 12.8 Å². The number of aliphatic hydroxyl groups excluding tert-OH is 1. The summed E-state index contributed by atoms with van der Waals surface area (Å²) in [6.45, 7) is 9.45.